The zero-order valence-electron chi connectivity index (χ0n) is 21.0. The summed E-state index contributed by atoms with van der Waals surface area (Å²) in [6.07, 6.45) is 0. The van der Waals surface area contributed by atoms with Crippen LogP contribution in [0.15, 0.2) is 34.8 Å². The van der Waals surface area contributed by atoms with Gasteiger partial charge in [0.2, 0.25) is 0 Å². The van der Waals surface area contributed by atoms with Gasteiger partial charge in [-0.1, -0.05) is 17.7 Å². The standard InChI is InChI=1S/C27H26BrClFNO6/c1-6-35-26(32)22-14(3)31-15(4)23(27(33)36-7-2)24(22)16-11-18(28)25(21(12-16)34-5)37-13-17-19(29)9-8-10-20(17)30/h8-12H,6-7,13H2,1-5H3. The molecule has 196 valence electrons. The van der Waals surface area contributed by atoms with Crippen LogP contribution in [0.2, 0.25) is 5.02 Å². The maximum Gasteiger partial charge on any atom is 0.340 e. The summed E-state index contributed by atoms with van der Waals surface area (Å²) >= 11 is 9.62. The molecule has 3 rings (SSSR count). The van der Waals surface area contributed by atoms with Crippen molar-refractivity contribution in [3.63, 3.8) is 0 Å². The number of benzene rings is 2. The fourth-order valence-electron chi connectivity index (χ4n) is 3.86. The van der Waals surface area contributed by atoms with Crippen LogP contribution < -0.4 is 9.47 Å². The van der Waals surface area contributed by atoms with Crippen LogP contribution in [0, 0.1) is 19.7 Å². The molecule has 3 aromatic rings. The van der Waals surface area contributed by atoms with E-state index in [1.54, 1.807) is 45.9 Å². The Kier molecular flexibility index (Phi) is 9.50. The van der Waals surface area contributed by atoms with E-state index in [0.717, 1.165) is 0 Å². The first-order chi connectivity index (χ1) is 17.6. The van der Waals surface area contributed by atoms with Gasteiger partial charge in [0.05, 0.1) is 52.3 Å². The molecule has 2 aromatic carbocycles. The van der Waals surface area contributed by atoms with Crippen molar-refractivity contribution in [1.29, 1.82) is 0 Å². The molecule has 0 atom stereocenters. The minimum atomic E-state index is -0.627. The number of methoxy groups -OCH3 is 1. The summed E-state index contributed by atoms with van der Waals surface area (Å²) in [6.45, 7) is 6.83. The molecule has 0 aliphatic heterocycles. The number of ether oxygens (including phenoxy) is 4. The first-order valence-electron chi connectivity index (χ1n) is 11.4. The predicted octanol–water partition coefficient (Wildman–Crippen LogP) is 6.86. The highest BCUT2D eigenvalue weighted by Crippen LogP contribution is 2.43. The summed E-state index contributed by atoms with van der Waals surface area (Å²) in [6, 6.07) is 7.65. The quantitative estimate of drug-likeness (QED) is 0.250. The van der Waals surface area contributed by atoms with E-state index in [2.05, 4.69) is 20.9 Å². The van der Waals surface area contributed by atoms with Gasteiger partial charge in [-0.3, -0.25) is 4.98 Å². The van der Waals surface area contributed by atoms with Gasteiger partial charge in [-0.15, -0.1) is 0 Å². The van der Waals surface area contributed by atoms with E-state index < -0.39 is 17.8 Å². The molecule has 0 saturated carbocycles. The fraction of sp³-hybridized carbons (Fsp3) is 0.296. The number of halogens is 3. The van der Waals surface area contributed by atoms with Crippen LogP contribution in [0.4, 0.5) is 4.39 Å². The topological polar surface area (TPSA) is 84.0 Å². The second-order valence-corrected chi connectivity index (χ2v) is 9.09. The molecule has 1 aromatic heterocycles. The molecule has 0 radical (unpaired) electrons. The number of pyridine rings is 1. The molecular formula is C27H26BrClFNO6. The Bertz CT molecular complexity index is 1280. The number of carbonyl (C=O) groups is 2. The van der Waals surface area contributed by atoms with Gasteiger partial charge in [-0.2, -0.15) is 0 Å². The number of esters is 2. The lowest BCUT2D eigenvalue weighted by Gasteiger charge is -2.20. The molecule has 0 aliphatic carbocycles. The van der Waals surface area contributed by atoms with Gasteiger partial charge >= 0.3 is 11.9 Å². The van der Waals surface area contributed by atoms with E-state index in [1.165, 1.54) is 19.2 Å². The van der Waals surface area contributed by atoms with E-state index in [9.17, 15) is 14.0 Å². The zero-order chi connectivity index (χ0) is 27.3. The average molecular weight is 595 g/mol. The van der Waals surface area contributed by atoms with Crippen LogP contribution in [-0.4, -0.2) is 37.2 Å². The smallest absolute Gasteiger partial charge is 0.340 e. The second kappa shape index (κ2) is 12.4. The predicted molar refractivity (Wildman–Crippen MR) is 141 cm³/mol. The molecule has 0 N–H and O–H groups in total. The maximum atomic E-state index is 14.3. The first-order valence-corrected chi connectivity index (χ1v) is 12.6. The molecule has 37 heavy (non-hydrogen) atoms. The lowest BCUT2D eigenvalue weighted by Crippen LogP contribution is -2.17. The van der Waals surface area contributed by atoms with Crippen LogP contribution in [-0.2, 0) is 16.1 Å². The molecule has 0 spiro atoms. The third-order valence-electron chi connectivity index (χ3n) is 5.46. The highest BCUT2D eigenvalue weighted by molar-refractivity contribution is 9.10. The summed E-state index contributed by atoms with van der Waals surface area (Å²) in [4.78, 5) is 30.4. The maximum absolute atomic E-state index is 14.3. The van der Waals surface area contributed by atoms with Gasteiger partial charge in [-0.25, -0.2) is 14.0 Å². The van der Waals surface area contributed by atoms with Crippen molar-refractivity contribution in [3.8, 4) is 22.6 Å². The number of hydrogen-bond acceptors (Lipinski definition) is 7. The number of nitrogens with zero attached hydrogens (tertiary/aromatic N) is 1. The lowest BCUT2D eigenvalue weighted by molar-refractivity contribution is 0.0525. The molecule has 10 heteroatoms. The molecule has 7 nitrogen and oxygen atoms in total. The Morgan fingerprint density at radius 1 is 1.03 bits per heavy atom. The van der Waals surface area contributed by atoms with Crippen molar-refractivity contribution in [2.24, 2.45) is 0 Å². The monoisotopic (exact) mass is 593 g/mol. The van der Waals surface area contributed by atoms with E-state index in [-0.39, 0.29) is 53.0 Å². The molecule has 0 bridgehead atoms. The molecule has 0 fully saturated rings. The molecular weight excluding hydrogens is 569 g/mol. The number of aromatic nitrogens is 1. The third kappa shape index (κ3) is 6.05. The Morgan fingerprint density at radius 3 is 2.14 bits per heavy atom. The van der Waals surface area contributed by atoms with Crippen molar-refractivity contribution in [1.82, 2.24) is 4.98 Å². The first kappa shape index (κ1) is 28.4. The van der Waals surface area contributed by atoms with Gasteiger partial charge in [0, 0.05) is 11.1 Å². The Labute approximate surface area is 228 Å². The normalized spacial score (nSPS) is 10.7. The third-order valence-corrected chi connectivity index (χ3v) is 6.40. The zero-order valence-corrected chi connectivity index (χ0v) is 23.4. The van der Waals surface area contributed by atoms with Gasteiger partial charge in [0.15, 0.2) is 11.5 Å². The van der Waals surface area contributed by atoms with Crippen LogP contribution in [0.5, 0.6) is 11.5 Å². The van der Waals surface area contributed by atoms with Crippen LogP contribution in [0.25, 0.3) is 11.1 Å². The number of aryl methyl sites for hydroxylation is 2. The summed E-state index contributed by atoms with van der Waals surface area (Å²) in [5, 5.41) is 0.229. The van der Waals surface area contributed by atoms with Crippen molar-refractivity contribution in [3.05, 3.63) is 73.7 Å². The van der Waals surface area contributed by atoms with Gasteiger partial charge in [-0.05, 0) is 73.5 Å². The summed E-state index contributed by atoms with van der Waals surface area (Å²) in [7, 11) is 1.44. The van der Waals surface area contributed by atoms with Crippen LogP contribution in [0.1, 0.15) is 51.5 Å². The lowest BCUT2D eigenvalue weighted by atomic mass is 9.92. The van der Waals surface area contributed by atoms with Crippen LogP contribution in [0.3, 0.4) is 0 Å². The van der Waals surface area contributed by atoms with E-state index >= 15 is 0 Å². The number of hydrogen-bond donors (Lipinski definition) is 0. The largest absolute Gasteiger partial charge is 0.493 e. The van der Waals surface area contributed by atoms with Gasteiger partial charge < -0.3 is 18.9 Å². The summed E-state index contributed by atoms with van der Waals surface area (Å²) in [5.74, 6) is -1.20. The minimum Gasteiger partial charge on any atom is -0.493 e. The molecule has 0 unspecified atom stereocenters. The average Bonchev–Trinajstić information content (AvgIpc) is 2.83. The van der Waals surface area contributed by atoms with E-state index in [4.69, 9.17) is 30.5 Å². The number of carbonyl (C=O) groups excluding carboxylic acids is 2. The summed E-state index contributed by atoms with van der Waals surface area (Å²) < 4.78 is 36.7. The SMILES string of the molecule is CCOC(=O)c1c(C)nc(C)c(C(=O)OCC)c1-c1cc(Br)c(OCc2c(F)cccc2Cl)c(OC)c1. The van der Waals surface area contributed by atoms with Gasteiger partial charge in [0.25, 0.3) is 0 Å². The van der Waals surface area contributed by atoms with Gasteiger partial charge in [0.1, 0.15) is 12.4 Å². The Hall–Kier alpha value is -3.17. The van der Waals surface area contributed by atoms with E-state index in [1.807, 2.05) is 0 Å². The number of rotatable bonds is 9. The van der Waals surface area contributed by atoms with Crippen molar-refractivity contribution in [2.45, 2.75) is 34.3 Å². The molecule has 1 heterocycles. The second-order valence-electron chi connectivity index (χ2n) is 7.83. The summed E-state index contributed by atoms with van der Waals surface area (Å²) in [5.41, 5.74) is 2.00. The highest BCUT2D eigenvalue weighted by atomic mass is 79.9. The van der Waals surface area contributed by atoms with Crippen molar-refractivity contribution >= 4 is 39.5 Å². The van der Waals surface area contributed by atoms with Crippen LogP contribution >= 0.6 is 27.5 Å². The van der Waals surface area contributed by atoms with Crippen molar-refractivity contribution in [2.75, 3.05) is 20.3 Å². The fourth-order valence-corrected chi connectivity index (χ4v) is 4.64. The molecule has 0 saturated heterocycles. The Balaban J connectivity index is 2.21. The molecule has 0 aliphatic rings. The van der Waals surface area contributed by atoms with Crippen molar-refractivity contribution < 1.29 is 32.9 Å². The minimum absolute atomic E-state index is 0.135. The Morgan fingerprint density at radius 2 is 1.62 bits per heavy atom. The highest BCUT2D eigenvalue weighted by Gasteiger charge is 2.29. The van der Waals surface area contributed by atoms with E-state index in [0.29, 0.717) is 27.0 Å². The molecule has 0 amide bonds.